The average Bonchev–Trinajstić information content (AvgIpc) is 3.35. The zero-order valence-corrected chi connectivity index (χ0v) is 20.8. The molecule has 0 bridgehead atoms. The van der Waals surface area contributed by atoms with Crippen LogP contribution in [0.1, 0.15) is 16.8 Å². The molecule has 0 saturated carbocycles. The van der Waals surface area contributed by atoms with Crippen molar-refractivity contribution in [3.8, 4) is 11.5 Å². The number of benzene rings is 3. The fourth-order valence-electron chi connectivity index (χ4n) is 4.43. The minimum Gasteiger partial charge on any atom is -0.495 e. The molecule has 0 spiro atoms. The lowest BCUT2D eigenvalue weighted by Crippen LogP contribution is -2.39. The summed E-state index contributed by atoms with van der Waals surface area (Å²) < 4.78 is 17.4. The van der Waals surface area contributed by atoms with E-state index < -0.39 is 0 Å². The normalized spacial score (nSPS) is 14.3. The van der Waals surface area contributed by atoms with Crippen molar-refractivity contribution in [2.75, 3.05) is 58.5 Å². The lowest BCUT2D eigenvalue weighted by atomic mass is 10.1. The summed E-state index contributed by atoms with van der Waals surface area (Å²) >= 11 is 1.45. The van der Waals surface area contributed by atoms with E-state index in [9.17, 15) is 4.79 Å². The minimum absolute atomic E-state index is 0.0604. The van der Waals surface area contributed by atoms with Gasteiger partial charge in [-0.05, 0) is 41.5 Å². The van der Waals surface area contributed by atoms with Crippen molar-refractivity contribution < 1.29 is 19.0 Å². The highest BCUT2D eigenvalue weighted by atomic mass is 32.1. The zero-order valence-electron chi connectivity index (χ0n) is 20.0. The molecule has 0 N–H and O–H groups in total. The molecule has 8 heteroatoms. The number of ether oxygens (including phenoxy) is 3. The number of methoxy groups -OCH3 is 2. The van der Waals surface area contributed by atoms with Gasteiger partial charge in [-0.15, -0.1) is 0 Å². The summed E-state index contributed by atoms with van der Waals surface area (Å²) in [5, 5.41) is 2.79. The topological polar surface area (TPSA) is 64.1 Å². The van der Waals surface area contributed by atoms with Gasteiger partial charge in [0.2, 0.25) is 0 Å². The van der Waals surface area contributed by atoms with Gasteiger partial charge in [0, 0.05) is 31.7 Å². The third-order valence-corrected chi connectivity index (χ3v) is 7.42. The van der Waals surface area contributed by atoms with Gasteiger partial charge in [0.25, 0.3) is 5.91 Å². The Morgan fingerprint density at radius 2 is 1.77 bits per heavy atom. The first-order valence-corrected chi connectivity index (χ1v) is 12.6. The highest BCUT2D eigenvalue weighted by Crippen LogP contribution is 2.40. The quantitative estimate of drug-likeness (QED) is 0.352. The molecule has 1 aliphatic rings. The molecule has 0 aliphatic carbocycles. The Morgan fingerprint density at radius 3 is 2.54 bits per heavy atom. The number of hydrogen-bond donors (Lipinski definition) is 0. The Labute approximate surface area is 208 Å². The molecule has 1 aliphatic heterocycles. The number of rotatable bonds is 8. The third kappa shape index (κ3) is 4.96. The molecular formula is C27H29N3O4S. The number of anilines is 1. The molecule has 0 atom stereocenters. The van der Waals surface area contributed by atoms with Gasteiger partial charge in [-0.25, -0.2) is 4.98 Å². The molecule has 0 unspecified atom stereocenters. The van der Waals surface area contributed by atoms with Gasteiger partial charge in [-0.2, -0.15) is 0 Å². The molecule has 1 aromatic heterocycles. The summed E-state index contributed by atoms with van der Waals surface area (Å²) in [4.78, 5) is 22.9. The van der Waals surface area contributed by atoms with Crippen LogP contribution in [0.5, 0.6) is 11.5 Å². The van der Waals surface area contributed by atoms with Crippen LogP contribution in [0.2, 0.25) is 0 Å². The number of amides is 1. The van der Waals surface area contributed by atoms with E-state index >= 15 is 0 Å². The van der Waals surface area contributed by atoms with Crippen LogP contribution >= 0.6 is 11.3 Å². The predicted molar refractivity (Wildman–Crippen MR) is 140 cm³/mol. The van der Waals surface area contributed by atoms with E-state index in [1.54, 1.807) is 19.1 Å². The van der Waals surface area contributed by atoms with Crippen LogP contribution in [0, 0.1) is 0 Å². The van der Waals surface area contributed by atoms with Crippen LogP contribution in [0.3, 0.4) is 0 Å². The Hall–Kier alpha value is -3.20. The zero-order chi connectivity index (χ0) is 24.2. The standard InChI is InChI=1S/C27H29N3O4S/c1-32-22-10-11-23(33-2)25-24(22)28-27(35-25)30(13-5-12-29-14-16-34-17-15-29)26(31)21-9-8-19-6-3-4-7-20(19)18-21/h3-4,6-11,18H,5,12-17H2,1-2H3. The maximum absolute atomic E-state index is 13.9. The largest absolute Gasteiger partial charge is 0.495 e. The molecule has 2 heterocycles. The number of hydrogen-bond acceptors (Lipinski definition) is 7. The molecule has 1 amide bonds. The van der Waals surface area contributed by atoms with E-state index in [4.69, 9.17) is 19.2 Å². The summed E-state index contributed by atoms with van der Waals surface area (Å²) in [5.41, 5.74) is 1.35. The number of carbonyl (C=O) groups is 1. The van der Waals surface area contributed by atoms with E-state index in [1.807, 2.05) is 48.5 Å². The molecule has 4 aromatic rings. The lowest BCUT2D eigenvalue weighted by molar-refractivity contribution is 0.0376. The number of nitrogens with zero attached hydrogens (tertiary/aromatic N) is 3. The molecular weight excluding hydrogens is 462 g/mol. The molecule has 3 aromatic carbocycles. The summed E-state index contributed by atoms with van der Waals surface area (Å²) in [6, 6.07) is 17.6. The van der Waals surface area contributed by atoms with Gasteiger partial charge >= 0.3 is 0 Å². The molecule has 1 fully saturated rings. The van der Waals surface area contributed by atoms with Gasteiger partial charge in [0.05, 0.1) is 27.4 Å². The van der Waals surface area contributed by atoms with E-state index in [0.29, 0.717) is 28.5 Å². The Kier molecular flexibility index (Phi) is 7.13. The molecule has 35 heavy (non-hydrogen) atoms. The summed E-state index contributed by atoms with van der Waals surface area (Å²) in [7, 11) is 3.27. The summed E-state index contributed by atoms with van der Waals surface area (Å²) in [6.45, 7) is 4.84. The molecule has 0 radical (unpaired) electrons. The SMILES string of the molecule is COc1ccc(OC)c2sc(N(CCCN3CCOCC3)C(=O)c3ccc4ccccc4c3)nc12. The Morgan fingerprint density at radius 1 is 1.03 bits per heavy atom. The Bertz CT molecular complexity index is 1290. The first-order chi connectivity index (χ1) is 17.2. The first kappa shape index (κ1) is 23.5. The van der Waals surface area contributed by atoms with Crippen LogP contribution in [0.15, 0.2) is 54.6 Å². The van der Waals surface area contributed by atoms with Crippen molar-refractivity contribution in [1.29, 1.82) is 0 Å². The van der Waals surface area contributed by atoms with Gasteiger partial charge < -0.3 is 14.2 Å². The summed E-state index contributed by atoms with van der Waals surface area (Å²) in [6.07, 6.45) is 0.837. The third-order valence-electron chi connectivity index (χ3n) is 6.33. The fourth-order valence-corrected chi connectivity index (χ4v) is 5.53. The molecule has 5 rings (SSSR count). The van der Waals surface area contributed by atoms with Gasteiger partial charge in [-0.1, -0.05) is 41.7 Å². The van der Waals surface area contributed by atoms with Crippen LogP contribution in [-0.2, 0) is 4.74 Å². The maximum Gasteiger partial charge on any atom is 0.260 e. The average molecular weight is 492 g/mol. The Balaban J connectivity index is 1.49. The molecule has 1 saturated heterocycles. The van der Waals surface area contributed by atoms with Crippen molar-refractivity contribution in [3.63, 3.8) is 0 Å². The maximum atomic E-state index is 13.9. The van der Waals surface area contributed by atoms with Crippen molar-refractivity contribution >= 4 is 43.4 Å². The van der Waals surface area contributed by atoms with Crippen LogP contribution in [0.4, 0.5) is 5.13 Å². The summed E-state index contributed by atoms with van der Waals surface area (Å²) in [5.74, 6) is 1.32. The van der Waals surface area contributed by atoms with Crippen molar-refractivity contribution in [2.24, 2.45) is 0 Å². The second-order valence-corrected chi connectivity index (χ2v) is 9.45. The van der Waals surface area contributed by atoms with Crippen molar-refractivity contribution in [3.05, 3.63) is 60.2 Å². The minimum atomic E-state index is -0.0604. The molecule has 7 nitrogen and oxygen atoms in total. The van der Waals surface area contributed by atoms with E-state index in [-0.39, 0.29) is 5.91 Å². The number of fused-ring (bicyclic) bond motifs is 2. The lowest BCUT2D eigenvalue weighted by Gasteiger charge is -2.27. The van der Waals surface area contributed by atoms with Crippen LogP contribution in [-0.4, -0.2) is 69.4 Å². The second-order valence-electron chi connectivity index (χ2n) is 8.47. The van der Waals surface area contributed by atoms with Crippen LogP contribution in [0.25, 0.3) is 21.0 Å². The van der Waals surface area contributed by atoms with Crippen molar-refractivity contribution in [1.82, 2.24) is 9.88 Å². The molecule has 182 valence electrons. The number of morpholine rings is 1. The highest BCUT2D eigenvalue weighted by Gasteiger charge is 2.24. The number of thiazole rings is 1. The predicted octanol–water partition coefficient (Wildman–Crippen LogP) is 4.84. The van der Waals surface area contributed by atoms with Gasteiger partial charge in [0.1, 0.15) is 21.7 Å². The van der Waals surface area contributed by atoms with E-state index in [0.717, 1.165) is 60.5 Å². The first-order valence-electron chi connectivity index (χ1n) is 11.8. The smallest absolute Gasteiger partial charge is 0.260 e. The van der Waals surface area contributed by atoms with E-state index in [1.165, 1.54) is 11.3 Å². The second kappa shape index (κ2) is 10.6. The fraction of sp³-hybridized carbons (Fsp3) is 0.333. The highest BCUT2D eigenvalue weighted by molar-refractivity contribution is 7.22. The van der Waals surface area contributed by atoms with Crippen LogP contribution < -0.4 is 14.4 Å². The monoisotopic (exact) mass is 491 g/mol. The van der Waals surface area contributed by atoms with Crippen molar-refractivity contribution in [2.45, 2.75) is 6.42 Å². The van der Waals surface area contributed by atoms with Gasteiger partial charge in [0.15, 0.2) is 5.13 Å². The van der Waals surface area contributed by atoms with E-state index in [2.05, 4.69) is 11.0 Å². The van der Waals surface area contributed by atoms with Gasteiger partial charge in [-0.3, -0.25) is 14.6 Å². The number of aromatic nitrogens is 1. The number of carbonyl (C=O) groups excluding carboxylic acids is 1.